The average Bonchev–Trinajstić information content (AvgIpc) is 1.86. The first-order chi connectivity index (χ1) is 5.04. The summed E-state index contributed by atoms with van der Waals surface area (Å²) in [6, 6.07) is 0. The summed E-state index contributed by atoms with van der Waals surface area (Å²) in [7, 11) is 0. The molecule has 4 heteroatoms. The molecule has 1 atom stereocenters. The second-order valence-corrected chi connectivity index (χ2v) is 2.50. The third kappa shape index (κ3) is 5.39. The van der Waals surface area contributed by atoms with E-state index in [4.69, 9.17) is 11.5 Å². The summed E-state index contributed by atoms with van der Waals surface area (Å²) >= 11 is 0. The topological polar surface area (TPSA) is 86.2 Å². The summed E-state index contributed by atoms with van der Waals surface area (Å²) in [5.74, 6) is -0.957. The standard InChI is InChI=1S/C7H13N2O2/c1-5(7(9)11)3-2-4-6(8)10/h2,5H,3-4H2,1H3,(H2,8,10)(H2,9,11)/t5-/m1/s1. The van der Waals surface area contributed by atoms with Crippen molar-refractivity contribution in [2.24, 2.45) is 17.4 Å². The number of amides is 2. The Morgan fingerprint density at radius 1 is 1.45 bits per heavy atom. The molecule has 63 valence electrons. The van der Waals surface area contributed by atoms with Crippen LogP contribution in [0, 0.1) is 12.3 Å². The van der Waals surface area contributed by atoms with Crippen molar-refractivity contribution in [3.63, 3.8) is 0 Å². The Kier molecular flexibility index (Phi) is 4.26. The van der Waals surface area contributed by atoms with E-state index in [0.29, 0.717) is 6.42 Å². The van der Waals surface area contributed by atoms with Crippen LogP contribution in [0.3, 0.4) is 0 Å². The van der Waals surface area contributed by atoms with Crippen LogP contribution >= 0.6 is 0 Å². The van der Waals surface area contributed by atoms with E-state index in [2.05, 4.69) is 0 Å². The number of rotatable bonds is 5. The van der Waals surface area contributed by atoms with Crippen LogP contribution in [-0.4, -0.2) is 11.8 Å². The lowest BCUT2D eigenvalue weighted by atomic mass is 10.0. The molecule has 0 aliphatic rings. The van der Waals surface area contributed by atoms with Crippen LogP contribution in [0.15, 0.2) is 0 Å². The molecule has 11 heavy (non-hydrogen) atoms. The Balaban J connectivity index is 3.39. The van der Waals surface area contributed by atoms with Gasteiger partial charge in [0.25, 0.3) is 0 Å². The zero-order valence-electron chi connectivity index (χ0n) is 6.54. The molecule has 0 spiro atoms. The molecule has 4 N–H and O–H groups in total. The molecule has 2 amide bonds. The monoisotopic (exact) mass is 157 g/mol. The fourth-order valence-corrected chi connectivity index (χ4v) is 0.592. The number of hydrogen-bond donors (Lipinski definition) is 2. The fraction of sp³-hybridized carbons (Fsp3) is 0.571. The second kappa shape index (κ2) is 4.71. The number of carbonyl (C=O) groups excluding carboxylic acids is 2. The summed E-state index contributed by atoms with van der Waals surface area (Å²) in [4.78, 5) is 20.7. The van der Waals surface area contributed by atoms with E-state index < -0.39 is 0 Å². The van der Waals surface area contributed by atoms with Gasteiger partial charge in [-0.2, -0.15) is 0 Å². The predicted molar refractivity (Wildman–Crippen MR) is 41.1 cm³/mol. The lowest BCUT2D eigenvalue weighted by Gasteiger charge is -2.03. The minimum atomic E-state index is -0.387. The van der Waals surface area contributed by atoms with Crippen LogP contribution in [-0.2, 0) is 9.59 Å². The Morgan fingerprint density at radius 3 is 2.36 bits per heavy atom. The van der Waals surface area contributed by atoms with Gasteiger partial charge in [0, 0.05) is 12.3 Å². The molecule has 0 aromatic heterocycles. The van der Waals surface area contributed by atoms with Gasteiger partial charge in [-0.1, -0.05) is 6.92 Å². The van der Waals surface area contributed by atoms with Gasteiger partial charge >= 0.3 is 0 Å². The van der Waals surface area contributed by atoms with E-state index in [-0.39, 0.29) is 24.2 Å². The van der Waals surface area contributed by atoms with Gasteiger partial charge < -0.3 is 11.5 Å². The Labute approximate surface area is 65.9 Å². The van der Waals surface area contributed by atoms with Gasteiger partial charge in [0.15, 0.2) is 0 Å². The van der Waals surface area contributed by atoms with Crippen molar-refractivity contribution in [1.29, 1.82) is 0 Å². The molecule has 1 radical (unpaired) electrons. The van der Waals surface area contributed by atoms with Crippen LogP contribution in [0.1, 0.15) is 19.8 Å². The highest BCUT2D eigenvalue weighted by Gasteiger charge is 2.08. The van der Waals surface area contributed by atoms with Crippen molar-refractivity contribution in [2.75, 3.05) is 0 Å². The highest BCUT2D eigenvalue weighted by atomic mass is 16.1. The maximum atomic E-state index is 10.5. The largest absolute Gasteiger partial charge is 0.370 e. The van der Waals surface area contributed by atoms with Crippen molar-refractivity contribution < 1.29 is 9.59 Å². The van der Waals surface area contributed by atoms with Crippen molar-refractivity contribution in [3.8, 4) is 0 Å². The van der Waals surface area contributed by atoms with Gasteiger partial charge in [-0.3, -0.25) is 9.59 Å². The summed E-state index contributed by atoms with van der Waals surface area (Å²) in [5.41, 5.74) is 9.85. The summed E-state index contributed by atoms with van der Waals surface area (Å²) < 4.78 is 0. The highest BCUT2D eigenvalue weighted by molar-refractivity contribution is 5.77. The minimum Gasteiger partial charge on any atom is -0.370 e. The number of primary amides is 2. The number of carbonyl (C=O) groups is 2. The van der Waals surface area contributed by atoms with Gasteiger partial charge in [-0.25, -0.2) is 0 Å². The molecule has 0 unspecified atom stereocenters. The zero-order chi connectivity index (χ0) is 8.85. The molecular formula is C7H13N2O2. The Morgan fingerprint density at radius 2 is 2.00 bits per heavy atom. The smallest absolute Gasteiger partial charge is 0.220 e. The van der Waals surface area contributed by atoms with E-state index in [0.717, 1.165) is 0 Å². The third-order valence-corrected chi connectivity index (χ3v) is 1.35. The normalized spacial score (nSPS) is 12.5. The third-order valence-electron chi connectivity index (χ3n) is 1.35. The molecule has 0 heterocycles. The van der Waals surface area contributed by atoms with Crippen molar-refractivity contribution >= 4 is 11.8 Å². The van der Waals surface area contributed by atoms with E-state index in [1.54, 1.807) is 13.3 Å². The molecule has 4 nitrogen and oxygen atoms in total. The van der Waals surface area contributed by atoms with Crippen molar-refractivity contribution in [2.45, 2.75) is 19.8 Å². The summed E-state index contributed by atoms with van der Waals surface area (Å²) in [5, 5.41) is 0. The highest BCUT2D eigenvalue weighted by Crippen LogP contribution is 2.04. The lowest BCUT2D eigenvalue weighted by Crippen LogP contribution is -2.21. The first kappa shape index (κ1) is 9.94. The van der Waals surface area contributed by atoms with Gasteiger partial charge in [0.2, 0.25) is 11.8 Å². The summed E-state index contributed by atoms with van der Waals surface area (Å²) in [6.07, 6.45) is 2.38. The molecule has 0 rings (SSSR count). The van der Waals surface area contributed by atoms with E-state index >= 15 is 0 Å². The van der Waals surface area contributed by atoms with Gasteiger partial charge in [-0.15, -0.1) is 0 Å². The first-order valence-electron chi connectivity index (χ1n) is 3.43. The Hall–Kier alpha value is -1.06. The van der Waals surface area contributed by atoms with Crippen LogP contribution in [0.4, 0.5) is 0 Å². The van der Waals surface area contributed by atoms with E-state index in [1.165, 1.54) is 0 Å². The van der Waals surface area contributed by atoms with Crippen LogP contribution in [0.25, 0.3) is 0 Å². The maximum Gasteiger partial charge on any atom is 0.220 e. The average molecular weight is 157 g/mol. The molecule has 0 aliphatic heterocycles. The predicted octanol–water partition coefficient (Wildman–Crippen LogP) is -0.422. The lowest BCUT2D eigenvalue weighted by molar-refractivity contribution is -0.121. The first-order valence-corrected chi connectivity index (χ1v) is 3.43. The van der Waals surface area contributed by atoms with Gasteiger partial charge in [0.1, 0.15) is 0 Å². The minimum absolute atomic E-state index is 0.206. The second-order valence-electron chi connectivity index (χ2n) is 2.50. The molecule has 0 saturated heterocycles. The molecular weight excluding hydrogens is 144 g/mol. The molecule has 0 saturated carbocycles. The van der Waals surface area contributed by atoms with Crippen LogP contribution in [0.2, 0.25) is 0 Å². The van der Waals surface area contributed by atoms with Crippen molar-refractivity contribution in [1.82, 2.24) is 0 Å². The van der Waals surface area contributed by atoms with Crippen LogP contribution < -0.4 is 11.5 Å². The zero-order valence-corrected chi connectivity index (χ0v) is 6.54. The Bertz CT molecular complexity index is 157. The molecule has 0 fully saturated rings. The number of nitrogens with two attached hydrogens (primary N) is 2. The molecule has 0 aliphatic carbocycles. The molecule has 0 aromatic rings. The van der Waals surface area contributed by atoms with Crippen molar-refractivity contribution in [3.05, 3.63) is 6.42 Å². The summed E-state index contributed by atoms with van der Waals surface area (Å²) in [6.45, 7) is 1.71. The fourth-order valence-electron chi connectivity index (χ4n) is 0.592. The quantitative estimate of drug-likeness (QED) is 0.567. The number of hydrogen-bond acceptors (Lipinski definition) is 2. The van der Waals surface area contributed by atoms with Crippen LogP contribution in [0.5, 0.6) is 0 Å². The SMILES string of the molecule is C[C@H](C[CH]CC(N)=O)C(N)=O. The molecule has 0 aromatic carbocycles. The maximum absolute atomic E-state index is 10.5. The molecule has 0 bridgehead atoms. The van der Waals surface area contributed by atoms with E-state index in [1.807, 2.05) is 0 Å². The van der Waals surface area contributed by atoms with Gasteiger partial charge in [-0.05, 0) is 12.8 Å². The van der Waals surface area contributed by atoms with E-state index in [9.17, 15) is 9.59 Å². The van der Waals surface area contributed by atoms with Gasteiger partial charge in [0.05, 0.1) is 0 Å².